The van der Waals surface area contributed by atoms with Gasteiger partial charge in [0.15, 0.2) is 0 Å². The van der Waals surface area contributed by atoms with E-state index < -0.39 is 5.91 Å². The molecule has 0 bridgehead atoms. The normalized spacial score (nSPS) is 11.7. The van der Waals surface area contributed by atoms with E-state index in [1.165, 1.54) is 12.1 Å². The highest BCUT2D eigenvalue weighted by atomic mass is 35.5. The molecule has 98 valence electrons. The Labute approximate surface area is 109 Å². The summed E-state index contributed by atoms with van der Waals surface area (Å²) >= 11 is 5.73. The molecular weight excluding hydrogens is 258 g/mol. The Balaban J connectivity index is 2.77. The number of rotatable bonds is 5. The third-order valence-electron chi connectivity index (χ3n) is 2.09. The van der Waals surface area contributed by atoms with Crippen LogP contribution in [0.25, 0.3) is 0 Å². The van der Waals surface area contributed by atoms with Crippen LogP contribution in [0.5, 0.6) is 0 Å². The van der Waals surface area contributed by atoms with E-state index in [0.717, 1.165) is 0 Å². The number of primary amides is 1. The second-order valence-corrected chi connectivity index (χ2v) is 4.14. The third-order valence-corrected chi connectivity index (χ3v) is 2.28. The molecule has 0 aliphatic carbocycles. The first-order valence-electron chi connectivity index (χ1n) is 5.15. The van der Waals surface area contributed by atoms with E-state index in [2.05, 4.69) is 15.7 Å². The van der Waals surface area contributed by atoms with Gasteiger partial charge in [-0.15, -0.1) is 0 Å². The number of pyridine rings is 1. The molecule has 1 rings (SSSR count). The molecule has 8 heteroatoms. The van der Waals surface area contributed by atoms with Crippen molar-refractivity contribution in [1.29, 1.82) is 0 Å². The van der Waals surface area contributed by atoms with Gasteiger partial charge in [0.05, 0.1) is 0 Å². The fourth-order valence-electron chi connectivity index (χ4n) is 1.36. The average molecular weight is 272 g/mol. The molecule has 0 aliphatic rings. The van der Waals surface area contributed by atoms with Crippen molar-refractivity contribution in [3.05, 3.63) is 22.8 Å². The molecular formula is C10H14ClN5O2. The van der Waals surface area contributed by atoms with Crippen molar-refractivity contribution in [1.82, 2.24) is 10.3 Å². The highest BCUT2D eigenvalue weighted by Gasteiger charge is 2.13. The fraction of sp³-hybridized carbons (Fsp3) is 0.300. The Morgan fingerprint density at radius 1 is 1.50 bits per heavy atom. The van der Waals surface area contributed by atoms with Crippen LogP contribution in [-0.4, -0.2) is 22.8 Å². The Kier molecular flexibility index (Phi) is 4.87. The van der Waals surface area contributed by atoms with Gasteiger partial charge in [-0.2, -0.15) is 0 Å². The van der Waals surface area contributed by atoms with Crippen LogP contribution in [0.1, 0.15) is 23.7 Å². The number of hydrogen-bond acceptors (Lipinski definition) is 5. The number of carbonyl (C=O) groups is 2. The Bertz CT molecular complexity index is 466. The number of anilines is 1. The predicted octanol–water partition coefficient (Wildman–Crippen LogP) is 0.0143. The molecule has 0 spiro atoms. The number of hydrazine groups is 1. The molecule has 1 unspecified atom stereocenters. The van der Waals surface area contributed by atoms with Crippen LogP contribution in [0.4, 0.5) is 5.82 Å². The van der Waals surface area contributed by atoms with Crippen molar-refractivity contribution < 1.29 is 9.59 Å². The number of nitrogens with zero attached hydrogens (tertiary/aromatic N) is 1. The summed E-state index contributed by atoms with van der Waals surface area (Å²) < 4.78 is 0. The van der Waals surface area contributed by atoms with Crippen LogP contribution >= 0.6 is 11.6 Å². The minimum Gasteiger partial charge on any atom is -0.370 e. The van der Waals surface area contributed by atoms with Crippen molar-refractivity contribution in [3.8, 4) is 0 Å². The maximum Gasteiger partial charge on any atom is 0.251 e. The summed E-state index contributed by atoms with van der Waals surface area (Å²) in [5, 5.41) is 2.75. The summed E-state index contributed by atoms with van der Waals surface area (Å²) in [6.45, 7) is 1.67. The van der Waals surface area contributed by atoms with E-state index in [-0.39, 0.29) is 29.3 Å². The van der Waals surface area contributed by atoms with E-state index in [1.807, 2.05) is 0 Å². The van der Waals surface area contributed by atoms with Crippen molar-refractivity contribution >= 4 is 29.2 Å². The van der Waals surface area contributed by atoms with E-state index in [9.17, 15) is 9.59 Å². The fourth-order valence-corrected chi connectivity index (χ4v) is 1.57. The van der Waals surface area contributed by atoms with Gasteiger partial charge in [-0.1, -0.05) is 11.6 Å². The lowest BCUT2D eigenvalue weighted by molar-refractivity contribution is -0.118. The first-order chi connectivity index (χ1) is 8.42. The minimum atomic E-state index is -0.486. The highest BCUT2D eigenvalue weighted by Crippen LogP contribution is 2.13. The minimum absolute atomic E-state index is 0.0621. The third kappa shape index (κ3) is 4.19. The largest absolute Gasteiger partial charge is 0.370 e. The van der Waals surface area contributed by atoms with E-state index in [4.69, 9.17) is 23.2 Å². The highest BCUT2D eigenvalue weighted by molar-refractivity contribution is 6.29. The first-order valence-corrected chi connectivity index (χ1v) is 5.53. The van der Waals surface area contributed by atoms with Crippen LogP contribution in [0.2, 0.25) is 5.15 Å². The molecule has 1 atom stereocenters. The van der Waals surface area contributed by atoms with Gasteiger partial charge in [-0.3, -0.25) is 9.59 Å². The summed E-state index contributed by atoms with van der Waals surface area (Å²) in [5.74, 6) is 4.59. The molecule has 0 saturated heterocycles. The standard InChI is InChI=1S/C10H14ClN5O2/c1-5(2-8(12)17)14-10(18)6-3-7(11)15-9(4-6)16-13/h3-5H,2,13H2,1H3,(H2,12,17)(H,14,18)(H,15,16). The molecule has 1 aromatic heterocycles. The smallest absolute Gasteiger partial charge is 0.251 e. The number of nitrogens with one attached hydrogen (secondary N) is 2. The van der Waals surface area contributed by atoms with Gasteiger partial charge >= 0.3 is 0 Å². The van der Waals surface area contributed by atoms with Crippen LogP contribution in [0.15, 0.2) is 12.1 Å². The van der Waals surface area contributed by atoms with Crippen LogP contribution in [-0.2, 0) is 4.79 Å². The summed E-state index contributed by atoms with van der Waals surface area (Å²) in [5.41, 5.74) is 7.62. The van der Waals surface area contributed by atoms with Crippen LogP contribution < -0.4 is 22.3 Å². The molecule has 1 aromatic rings. The molecule has 6 N–H and O–H groups in total. The van der Waals surface area contributed by atoms with E-state index in [1.54, 1.807) is 6.92 Å². The number of aromatic nitrogens is 1. The topological polar surface area (TPSA) is 123 Å². The first kappa shape index (κ1) is 14.2. The second kappa shape index (κ2) is 6.18. The number of nitrogens with two attached hydrogens (primary N) is 2. The number of halogens is 1. The van der Waals surface area contributed by atoms with Crippen molar-refractivity contribution in [2.45, 2.75) is 19.4 Å². The molecule has 0 saturated carbocycles. The molecule has 2 amide bonds. The lowest BCUT2D eigenvalue weighted by atomic mass is 10.2. The van der Waals surface area contributed by atoms with Gasteiger partial charge in [0, 0.05) is 18.0 Å². The zero-order valence-electron chi connectivity index (χ0n) is 9.74. The number of hydrogen-bond donors (Lipinski definition) is 4. The maximum atomic E-state index is 11.8. The second-order valence-electron chi connectivity index (χ2n) is 3.75. The lowest BCUT2D eigenvalue weighted by Gasteiger charge is -2.12. The monoisotopic (exact) mass is 271 g/mol. The molecule has 18 heavy (non-hydrogen) atoms. The summed E-state index contributed by atoms with van der Waals surface area (Å²) in [7, 11) is 0. The van der Waals surface area contributed by atoms with Gasteiger partial charge in [0.1, 0.15) is 11.0 Å². The Hall–Kier alpha value is -1.86. The average Bonchev–Trinajstić information content (AvgIpc) is 2.26. The van der Waals surface area contributed by atoms with E-state index >= 15 is 0 Å². The summed E-state index contributed by atoms with van der Waals surface area (Å²) in [4.78, 5) is 26.4. The van der Waals surface area contributed by atoms with Crippen molar-refractivity contribution in [3.63, 3.8) is 0 Å². The van der Waals surface area contributed by atoms with Gasteiger partial charge in [0.2, 0.25) is 5.91 Å². The van der Waals surface area contributed by atoms with Crippen molar-refractivity contribution in [2.75, 3.05) is 5.43 Å². The molecule has 7 nitrogen and oxygen atoms in total. The lowest BCUT2D eigenvalue weighted by Crippen LogP contribution is -2.35. The van der Waals surface area contributed by atoms with Gasteiger partial charge in [0.25, 0.3) is 5.91 Å². The molecule has 0 aromatic carbocycles. The van der Waals surface area contributed by atoms with Gasteiger partial charge in [-0.05, 0) is 19.1 Å². The Morgan fingerprint density at radius 3 is 2.72 bits per heavy atom. The maximum absolute atomic E-state index is 11.8. The number of amides is 2. The number of carbonyl (C=O) groups excluding carboxylic acids is 2. The van der Waals surface area contributed by atoms with Gasteiger partial charge in [-0.25, -0.2) is 10.8 Å². The molecule has 0 fully saturated rings. The SMILES string of the molecule is CC(CC(N)=O)NC(=O)c1cc(Cl)nc(NN)c1. The zero-order valence-corrected chi connectivity index (χ0v) is 10.5. The van der Waals surface area contributed by atoms with E-state index in [0.29, 0.717) is 5.56 Å². The summed E-state index contributed by atoms with van der Waals surface area (Å²) in [6, 6.07) is 2.48. The molecule has 1 heterocycles. The number of nitrogen functional groups attached to an aromatic ring is 1. The predicted molar refractivity (Wildman–Crippen MR) is 67.8 cm³/mol. The molecule has 0 aliphatic heterocycles. The molecule has 0 radical (unpaired) electrons. The van der Waals surface area contributed by atoms with Crippen LogP contribution in [0.3, 0.4) is 0 Å². The quantitative estimate of drug-likeness (QED) is 0.341. The Morgan fingerprint density at radius 2 is 2.17 bits per heavy atom. The zero-order chi connectivity index (χ0) is 13.7. The summed E-state index contributed by atoms with van der Waals surface area (Å²) in [6.07, 6.45) is 0.0621. The van der Waals surface area contributed by atoms with Crippen molar-refractivity contribution in [2.24, 2.45) is 11.6 Å². The van der Waals surface area contributed by atoms with Gasteiger partial charge < -0.3 is 16.5 Å². The van der Waals surface area contributed by atoms with Crippen LogP contribution in [0, 0.1) is 0 Å².